The van der Waals surface area contributed by atoms with Crippen molar-refractivity contribution in [3.63, 3.8) is 0 Å². The fourth-order valence-corrected chi connectivity index (χ4v) is 3.33. The Kier molecular flexibility index (Phi) is 5.88. The van der Waals surface area contributed by atoms with E-state index in [-0.39, 0.29) is 17.1 Å². The summed E-state index contributed by atoms with van der Waals surface area (Å²) in [6.07, 6.45) is 0. The predicted molar refractivity (Wildman–Crippen MR) is 111 cm³/mol. The molecule has 26 heavy (non-hydrogen) atoms. The molecule has 0 saturated carbocycles. The molecule has 0 atom stereocenters. The van der Waals surface area contributed by atoms with Gasteiger partial charge in [-0.05, 0) is 44.2 Å². The van der Waals surface area contributed by atoms with Crippen LogP contribution in [0.15, 0.2) is 40.2 Å². The van der Waals surface area contributed by atoms with Gasteiger partial charge in [0.1, 0.15) is 5.84 Å². The van der Waals surface area contributed by atoms with Crippen LogP contribution in [-0.2, 0) is 12.5 Å². The molecule has 0 fully saturated rings. The first-order valence-corrected chi connectivity index (χ1v) is 9.48. The van der Waals surface area contributed by atoms with Crippen LogP contribution >= 0.6 is 23.4 Å². The zero-order chi connectivity index (χ0) is 19.7. The summed E-state index contributed by atoms with van der Waals surface area (Å²) in [7, 11) is 1.80. The molecule has 3 N–H and O–H groups in total. The zero-order valence-electron chi connectivity index (χ0n) is 16.0. The lowest BCUT2D eigenvalue weighted by molar-refractivity contribution is 0.538. The van der Waals surface area contributed by atoms with Crippen molar-refractivity contribution in [1.82, 2.24) is 9.78 Å². The van der Waals surface area contributed by atoms with E-state index >= 15 is 0 Å². The maximum atomic E-state index is 8.38. The smallest absolute Gasteiger partial charge is 0.384 e. The summed E-state index contributed by atoms with van der Waals surface area (Å²) in [4.78, 5) is 5.25. The van der Waals surface area contributed by atoms with Crippen molar-refractivity contribution < 1.29 is 5.11 Å². The molecule has 140 valence electrons. The van der Waals surface area contributed by atoms with Gasteiger partial charge in [-0.15, -0.1) is 16.8 Å². The number of nitrogens with one attached hydrogen (secondary N) is 1. The number of aryl methyl sites for hydroxylation is 1. The molecule has 1 aromatic heterocycles. The normalized spacial score (nSPS) is 13.1. The van der Waals surface area contributed by atoms with Crippen molar-refractivity contribution in [2.75, 3.05) is 0 Å². The Morgan fingerprint density at radius 3 is 2.27 bits per heavy atom. The van der Waals surface area contributed by atoms with Gasteiger partial charge < -0.3 is 5.11 Å². The van der Waals surface area contributed by atoms with Crippen molar-refractivity contribution in [2.45, 2.75) is 49.7 Å². The molecule has 0 bridgehead atoms. The average Bonchev–Trinajstić information content (AvgIpc) is 2.91. The summed E-state index contributed by atoms with van der Waals surface area (Å²) in [6.45, 7) is 10.1. The molecule has 1 heterocycles. The number of benzene rings is 1. The summed E-state index contributed by atoms with van der Waals surface area (Å²) in [6, 6.07) is 9.37. The summed E-state index contributed by atoms with van der Waals surface area (Å²) in [5.74, 6) is 0.186. The topological polar surface area (TPSA) is 76.9 Å². The van der Waals surface area contributed by atoms with Gasteiger partial charge in [-0.3, -0.25) is 10.1 Å². The van der Waals surface area contributed by atoms with Crippen LogP contribution in [0, 0.1) is 5.41 Å². The molecule has 0 aliphatic heterocycles. The third-order valence-electron chi connectivity index (χ3n) is 3.87. The van der Waals surface area contributed by atoms with Gasteiger partial charge in [0, 0.05) is 22.4 Å². The molecule has 7 heteroatoms. The molecule has 2 rings (SSSR count). The second kappa shape index (κ2) is 7.45. The first-order chi connectivity index (χ1) is 11.9. The average molecular weight is 394 g/mol. The minimum Gasteiger partial charge on any atom is -0.577 e. The quantitative estimate of drug-likeness (QED) is 0.362. The van der Waals surface area contributed by atoms with Crippen LogP contribution in [0.1, 0.15) is 46.0 Å². The fourth-order valence-electron chi connectivity index (χ4n) is 2.20. The van der Waals surface area contributed by atoms with Gasteiger partial charge in [-0.1, -0.05) is 32.4 Å². The summed E-state index contributed by atoms with van der Waals surface area (Å²) in [5, 5.41) is 21.8. The molecular weight excluding hydrogens is 368 g/mol. The molecule has 0 spiro atoms. The van der Waals surface area contributed by atoms with Gasteiger partial charge in [0.15, 0.2) is 5.69 Å². The van der Waals surface area contributed by atoms with E-state index in [0.29, 0.717) is 10.7 Å². The lowest BCUT2D eigenvalue weighted by Crippen LogP contribution is -2.27. The van der Waals surface area contributed by atoms with Crippen LogP contribution in [-0.4, -0.2) is 31.4 Å². The van der Waals surface area contributed by atoms with Crippen molar-refractivity contribution in [3.05, 3.63) is 46.7 Å². The number of hydrogen-bond donors (Lipinski definition) is 1. The van der Waals surface area contributed by atoms with E-state index in [4.69, 9.17) is 22.1 Å². The Balaban J connectivity index is 2.23. The molecule has 1 aromatic carbocycles. The molecule has 2 aromatic rings. The summed E-state index contributed by atoms with van der Waals surface area (Å²) >= 11 is 7.44. The Hall–Kier alpha value is -1.79. The van der Waals surface area contributed by atoms with E-state index in [1.54, 1.807) is 11.7 Å². The molecule has 5 nitrogen and oxygen atoms in total. The van der Waals surface area contributed by atoms with E-state index in [1.165, 1.54) is 11.8 Å². The minimum atomic E-state index is -0.578. The number of halogens is 1. The molecule has 0 saturated heterocycles. The standard InChI is InChI=1S/C19H25ClN4OS/c1-18(2,3)15-11-14(24(6)23-15)16(25)22-17(21)19(4,5)26-13-9-7-12(20)8-10-13/h7-11H,1-6H3,(H2,21,22,25)/p+1. The van der Waals surface area contributed by atoms with Gasteiger partial charge >= 0.3 is 5.90 Å². The third kappa shape index (κ3) is 4.89. The maximum absolute atomic E-state index is 8.38. The SMILES string of the molecule is Cn1nc(C(C)(C)C)cc1C([OH2+])=NC(=N)C(C)(C)Sc1ccc(Cl)cc1. The second-order valence-corrected chi connectivity index (χ2v) is 9.80. The van der Waals surface area contributed by atoms with E-state index < -0.39 is 4.75 Å². The highest BCUT2D eigenvalue weighted by molar-refractivity contribution is 8.01. The van der Waals surface area contributed by atoms with Crippen LogP contribution in [0.2, 0.25) is 5.02 Å². The monoisotopic (exact) mass is 393 g/mol. The van der Waals surface area contributed by atoms with Crippen molar-refractivity contribution in [1.29, 1.82) is 5.41 Å². The number of nitrogens with zero attached hydrogens (tertiary/aromatic N) is 3. The number of aromatic nitrogens is 2. The number of aliphatic imine (C=N–C) groups is 1. The summed E-state index contributed by atoms with van der Waals surface area (Å²) < 4.78 is 1.07. The van der Waals surface area contributed by atoms with Crippen LogP contribution < -0.4 is 0 Å². The molecule has 0 radical (unpaired) electrons. The van der Waals surface area contributed by atoms with Gasteiger partial charge in [-0.25, -0.2) is 0 Å². The van der Waals surface area contributed by atoms with E-state index in [0.717, 1.165) is 10.6 Å². The van der Waals surface area contributed by atoms with E-state index in [9.17, 15) is 0 Å². The van der Waals surface area contributed by atoms with E-state index in [2.05, 4.69) is 30.9 Å². The Bertz CT molecular complexity index is 832. The van der Waals surface area contributed by atoms with Gasteiger partial charge in [0.05, 0.1) is 10.4 Å². The molecule has 0 amide bonds. The lowest BCUT2D eigenvalue weighted by atomic mass is 9.92. The fraction of sp³-hybridized carbons (Fsp3) is 0.421. The minimum absolute atomic E-state index is 0.0466. The Morgan fingerprint density at radius 2 is 1.77 bits per heavy atom. The predicted octanol–water partition coefficient (Wildman–Crippen LogP) is 4.39. The van der Waals surface area contributed by atoms with Gasteiger partial charge in [0.25, 0.3) is 0 Å². The Labute approximate surface area is 164 Å². The summed E-state index contributed by atoms with van der Waals surface area (Å²) in [5.41, 5.74) is 1.40. The molecule has 0 aliphatic rings. The zero-order valence-corrected chi connectivity index (χ0v) is 17.6. The highest BCUT2D eigenvalue weighted by atomic mass is 35.5. The largest absolute Gasteiger partial charge is 0.577 e. The van der Waals surface area contributed by atoms with Crippen LogP contribution in [0.4, 0.5) is 0 Å². The molecule has 0 unspecified atom stereocenters. The number of amidine groups is 1. The van der Waals surface area contributed by atoms with Crippen molar-refractivity contribution in [3.8, 4) is 0 Å². The molecular formula is C19H26ClN4OS+. The first kappa shape index (κ1) is 20.5. The van der Waals surface area contributed by atoms with Crippen molar-refractivity contribution >= 4 is 35.1 Å². The van der Waals surface area contributed by atoms with Crippen LogP contribution in [0.3, 0.4) is 0 Å². The van der Waals surface area contributed by atoms with Crippen LogP contribution in [0.25, 0.3) is 0 Å². The van der Waals surface area contributed by atoms with E-state index in [1.807, 2.05) is 44.2 Å². The Morgan fingerprint density at radius 1 is 1.19 bits per heavy atom. The lowest BCUT2D eigenvalue weighted by Gasteiger charge is -2.21. The highest BCUT2D eigenvalue weighted by Crippen LogP contribution is 2.34. The maximum Gasteiger partial charge on any atom is 0.384 e. The highest BCUT2D eigenvalue weighted by Gasteiger charge is 2.28. The third-order valence-corrected chi connectivity index (χ3v) is 5.33. The number of thioether (sulfide) groups is 1. The second-order valence-electron chi connectivity index (χ2n) is 7.66. The van der Waals surface area contributed by atoms with Crippen molar-refractivity contribution in [2.24, 2.45) is 12.0 Å². The molecule has 0 aliphatic carbocycles. The number of rotatable bonds is 4. The number of hydrogen-bond acceptors (Lipinski definition) is 3. The van der Waals surface area contributed by atoms with Crippen LogP contribution in [0.5, 0.6) is 0 Å². The first-order valence-electron chi connectivity index (χ1n) is 8.29. The van der Waals surface area contributed by atoms with Gasteiger partial charge in [0.2, 0.25) is 0 Å². The van der Waals surface area contributed by atoms with Gasteiger partial charge in [-0.2, -0.15) is 5.10 Å².